The summed E-state index contributed by atoms with van der Waals surface area (Å²) in [5, 5.41) is 3.83. The summed E-state index contributed by atoms with van der Waals surface area (Å²) < 4.78 is 74.1. The number of furan rings is 1. The Bertz CT molecular complexity index is 1130. The fourth-order valence-corrected chi connectivity index (χ4v) is 3.71. The zero-order valence-electron chi connectivity index (χ0n) is 13.2. The van der Waals surface area contributed by atoms with Crippen LogP contribution in [-0.4, -0.2) is 24.0 Å². The fourth-order valence-electron chi connectivity index (χ4n) is 2.17. The van der Waals surface area contributed by atoms with Crippen LogP contribution in [0.4, 0.5) is 13.2 Å². The molecule has 0 atom stereocenters. The van der Waals surface area contributed by atoms with E-state index in [4.69, 9.17) is 8.83 Å². The average molecular weight is 467 g/mol. The molecule has 0 saturated carbocycles. The largest absolute Gasteiger partial charge is 0.444 e. The third-order valence-corrected chi connectivity index (χ3v) is 5.60. The van der Waals surface area contributed by atoms with Crippen LogP contribution in [-0.2, 0) is 22.6 Å². The highest BCUT2D eigenvalue weighted by Crippen LogP contribution is 2.30. The molecule has 0 fully saturated rings. The lowest BCUT2D eigenvalue weighted by Crippen LogP contribution is -2.22. The summed E-state index contributed by atoms with van der Waals surface area (Å²) in [6, 6.07) is 6.42. The summed E-state index contributed by atoms with van der Waals surface area (Å²) in [6.07, 6.45) is -4.67. The first-order valence-electron chi connectivity index (χ1n) is 7.30. The van der Waals surface area contributed by atoms with Crippen molar-refractivity contribution in [1.82, 2.24) is 9.78 Å². The molecular formula is C15H10BrF3N2O5S. The fraction of sp³-hybridized carbons (Fsp3) is 0.200. The molecule has 0 aliphatic carbocycles. The number of hydrogen-bond donors (Lipinski definition) is 0. The first-order chi connectivity index (χ1) is 12.6. The smallest absolute Gasteiger partial charge is 0.437 e. The molecule has 0 aliphatic heterocycles. The summed E-state index contributed by atoms with van der Waals surface area (Å²) in [6.45, 7) is -0.400. The van der Waals surface area contributed by atoms with Crippen molar-refractivity contribution >= 4 is 25.8 Å². The Labute approximate surface area is 158 Å². The second kappa shape index (κ2) is 7.00. The molecule has 2 heterocycles. The first-order valence-corrected chi connectivity index (χ1v) is 9.74. The van der Waals surface area contributed by atoms with Crippen molar-refractivity contribution in [1.29, 1.82) is 0 Å². The Hall–Kier alpha value is -2.34. The molecule has 0 amide bonds. The molecule has 0 spiro atoms. The minimum absolute atomic E-state index is 0.151. The second-order valence-electron chi connectivity index (χ2n) is 5.34. The summed E-state index contributed by atoms with van der Waals surface area (Å²) >= 11 is 3.08. The molecule has 0 bridgehead atoms. The molecule has 0 saturated heterocycles. The van der Waals surface area contributed by atoms with E-state index in [1.807, 2.05) is 0 Å². The van der Waals surface area contributed by atoms with E-state index in [0.29, 0.717) is 10.7 Å². The number of sulfone groups is 1. The molecule has 3 aromatic rings. The molecule has 0 unspecified atom stereocenters. The van der Waals surface area contributed by atoms with E-state index < -0.39 is 44.5 Å². The molecule has 12 heteroatoms. The average Bonchev–Trinajstić information content (AvgIpc) is 3.18. The van der Waals surface area contributed by atoms with Crippen LogP contribution in [0, 0.1) is 0 Å². The molecule has 2 aromatic heterocycles. The highest BCUT2D eigenvalue weighted by Gasteiger charge is 2.31. The van der Waals surface area contributed by atoms with Gasteiger partial charge in [-0.25, -0.2) is 13.2 Å². The van der Waals surface area contributed by atoms with Gasteiger partial charge in [0, 0.05) is 0 Å². The van der Waals surface area contributed by atoms with Crippen molar-refractivity contribution in [3.63, 3.8) is 0 Å². The third-order valence-electron chi connectivity index (χ3n) is 3.48. The van der Waals surface area contributed by atoms with Crippen molar-refractivity contribution in [3.8, 4) is 11.7 Å². The minimum atomic E-state index is -4.67. The number of hydrogen-bond acceptors (Lipinski definition) is 6. The molecule has 0 radical (unpaired) electrons. The quantitative estimate of drug-likeness (QED) is 0.572. The van der Waals surface area contributed by atoms with Crippen LogP contribution in [0.5, 0.6) is 0 Å². The zero-order chi connectivity index (χ0) is 19.8. The van der Waals surface area contributed by atoms with Gasteiger partial charge in [-0.3, -0.25) is 0 Å². The van der Waals surface area contributed by atoms with Crippen molar-refractivity contribution < 1.29 is 30.4 Å². The summed E-state index contributed by atoms with van der Waals surface area (Å²) in [4.78, 5) is 11.3. The van der Waals surface area contributed by atoms with Crippen LogP contribution in [0.25, 0.3) is 11.7 Å². The maximum absolute atomic E-state index is 12.8. The van der Waals surface area contributed by atoms with Gasteiger partial charge in [-0.15, -0.1) is 5.10 Å². The van der Waals surface area contributed by atoms with Gasteiger partial charge in [0.1, 0.15) is 0 Å². The first kappa shape index (κ1) is 19.4. The Morgan fingerprint density at radius 1 is 1.15 bits per heavy atom. The molecule has 0 aliphatic rings. The second-order valence-corrected chi connectivity index (χ2v) is 8.24. The SMILES string of the molecule is O=c1oc(-c2ccc(Br)o2)nn1CCS(=O)(=O)c1cccc(C(F)(F)F)c1. The normalized spacial score (nSPS) is 12.4. The van der Waals surface area contributed by atoms with Crippen LogP contribution < -0.4 is 5.76 Å². The third kappa shape index (κ3) is 4.33. The lowest BCUT2D eigenvalue weighted by molar-refractivity contribution is -0.137. The van der Waals surface area contributed by atoms with E-state index >= 15 is 0 Å². The summed E-state index contributed by atoms with van der Waals surface area (Å²) in [5.41, 5.74) is -1.08. The Morgan fingerprint density at radius 2 is 1.89 bits per heavy atom. The van der Waals surface area contributed by atoms with Crippen molar-refractivity contribution in [2.75, 3.05) is 5.75 Å². The molecule has 144 valence electrons. The van der Waals surface area contributed by atoms with Gasteiger partial charge in [-0.2, -0.15) is 17.9 Å². The van der Waals surface area contributed by atoms with E-state index in [0.717, 1.165) is 22.9 Å². The van der Waals surface area contributed by atoms with Gasteiger partial charge in [0.15, 0.2) is 20.3 Å². The van der Waals surface area contributed by atoms with E-state index in [2.05, 4.69) is 21.0 Å². The maximum Gasteiger partial charge on any atom is 0.437 e. The lowest BCUT2D eigenvalue weighted by Gasteiger charge is -2.09. The highest BCUT2D eigenvalue weighted by molar-refractivity contribution is 9.10. The van der Waals surface area contributed by atoms with Gasteiger partial charge >= 0.3 is 11.9 Å². The predicted molar refractivity (Wildman–Crippen MR) is 89.7 cm³/mol. The van der Waals surface area contributed by atoms with Gasteiger partial charge in [0.2, 0.25) is 0 Å². The number of rotatable bonds is 5. The Balaban J connectivity index is 1.80. The van der Waals surface area contributed by atoms with Crippen LogP contribution >= 0.6 is 15.9 Å². The van der Waals surface area contributed by atoms with E-state index in [1.54, 1.807) is 6.07 Å². The van der Waals surface area contributed by atoms with Crippen LogP contribution in [0.2, 0.25) is 0 Å². The van der Waals surface area contributed by atoms with Crippen molar-refractivity contribution in [2.45, 2.75) is 17.6 Å². The highest BCUT2D eigenvalue weighted by atomic mass is 79.9. The van der Waals surface area contributed by atoms with Crippen molar-refractivity contribution in [2.24, 2.45) is 0 Å². The van der Waals surface area contributed by atoms with E-state index in [9.17, 15) is 26.4 Å². The number of aromatic nitrogens is 2. The Morgan fingerprint density at radius 3 is 2.52 bits per heavy atom. The zero-order valence-corrected chi connectivity index (χ0v) is 15.6. The molecule has 3 rings (SSSR count). The van der Waals surface area contributed by atoms with Gasteiger partial charge < -0.3 is 8.83 Å². The number of nitrogens with zero attached hydrogens (tertiary/aromatic N) is 2. The monoisotopic (exact) mass is 466 g/mol. The predicted octanol–water partition coefficient (Wildman–Crippen LogP) is 3.35. The number of halogens is 4. The van der Waals surface area contributed by atoms with Crippen LogP contribution in [0.1, 0.15) is 5.56 Å². The van der Waals surface area contributed by atoms with Crippen LogP contribution in [0.3, 0.4) is 0 Å². The number of benzene rings is 1. The summed E-state index contributed by atoms with van der Waals surface area (Å²) in [7, 11) is -4.08. The van der Waals surface area contributed by atoms with E-state index in [-0.39, 0.29) is 11.7 Å². The Kier molecular flexibility index (Phi) is 5.04. The molecular weight excluding hydrogens is 457 g/mol. The van der Waals surface area contributed by atoms with Gasteiger partial charge in [-0.05, 0) is 46.3 Å². The standard InChI is InChI=1S/C15H10BrF3N2O5S/c16-12-5-4-11(25-12)13-20-21(14(22)26-13)6-7-27(23,24)10-3-1-2-9(8-10)15(17,18)19/h1-5,8H,6-7H2. The van der Waals surface area contributed by atoms with E-state index in [1.165, 1.54) is 6.07 Å². The van der Waals surface area contributed by atoms with Gasteiger partial charge in [0.25, 0.3) is 5.89 Å². The molecule has 1 aromatic carbocycles. The number of aryl methyl sites for hydroxylation is 1. The van der Waals surface area contributed by atoms with Gasteiger partial charge in [0.05, 0.1) is 22.8 Å². The van der Waals surface area contributed by atoms with Gasteiger partial charge in [-0.1, -0.05) is 6.07 Å². The minimum Gasteiger partial charge on any atom is -0.444 e. The molecule has 0 N–H and O–H groups in total. The molecule has 7 nitrogen and oxygen atoms in total. The van der Waals surface area contributed by atoms with Crippen molar-refractivity contribution in [3.05, 3.63) is 57.2 Å². The lowest BCUT2D eigenvalue weighted by atomic mass is 10.2. The number of alkyl halides is 3. The van der Waals surface area contributed by atoms with Crippen LogP contribution in [0.15, 0.2) is 59.6 Å². The summed E-state index contributed by atoms with van der Waals surface area (Å²) in [5.74, 6) is -1.56. The topological polar surface area (TPSA) is 95.3 Å². The molecule has 27 heavy (non-hydrogen) atoms. The maximum atomic E-state index is 12.8.